The highest BCUT2D eigenvalue weighted by molar-refractivity contribution is 6.10. The first-order chi connectivity index (χ1) is 16.5. The summed E-state index contributed by atoms with van der Waals surface area (Å²) in [6.45, 7) is 16.1. The molecule has 178 valence electrons. The maximum Gasteiger partial charge on any atom is 0.220 e. The standard InChI is InChI=1S/C33H37N2/c1-21-23-11-9-10-12-25(23)29(33(5,6)7)19-28(21)31-27-14-13-24-22(20-32(2,3)4)15-17-34-30(24)26(27)16-18-35(31)8/h9-19H,20H2,1-8H3/q+1. The van der Waals surface area contributed by atoms with Crippen molar-refractivity contribution in [2.75, 3.05) is 0 Å². The Labute approximate surface area is 209 Å². The fourth-order valence-corrected chi connectivity index (χ4v) is 5.57. The van der Waals surface area contributed by atoms with Gasteiger partial charge in [-0.2, -0.15) is 0 Å². The number of aromatic nitrogens is 2. The largest absolute Gasteiger partial charge is 0.256 e. The fourth-order valence-electron chi connectivity index (χ4n) is 5.57. The smallest absolute Gasteiger partial charge is 0.220 e. The van der Waals surface area contributed by atoms with Crippen LogP contribution in [0.5, 0.6) is 0 Å². The van der Waals surface area contributed by atoms with Crippen molar-refractivity contribution in [3.05, 3.63) is 83.7 Å². The lowest BCUT2D eigenvalue weighted by atomic mass is 9.80. The van der Waals surface area contributed by atoms with Gasteiger partial charge in [-0.05, 0) is 69.8 Å². The number of hydrogen-bond acceptors (Lipinski definition) is 1. The molecule has 2 heteroatoms. The van der Waals surface area contributed by atoms with E-state index in [9.17, 15) is 0 Å². The molecule has 0 N–H and O–H groups in total. The van der Waals surface area contributed by atoms with E-state index in [4.69, 9.17) is 4.98 Å². The van der Waals surface area contributed by atoms with Gasteiger partial charge in [0.25, 0.3) is 0 Å². The topological polar surface area (TPSA) is 16.8 Å². The Bertz CT molecular complexity index is 1590. The molecule has 0 aliphatic carbocycles. The predicted octanol–water partition coefficient (Wildman–Crippen LogP) is 8.23. The fraction of sp³-hybridized carbons (Fsp3) is 0.333. The van der Waals surface area contributed by atoms with Crippen molar-refractivity contribution < 1.29 is 4.57 Å². The maximum atomic E-state index is 4.88. The minimum Gasteiger partial charge on any atom is -0.256 e. The normalized spacial score (nSPS) is 12.7. The van der Waals surface area contributed by atoms with Gasteiger partial charge >= 0.3 is 0 Å². The molecule has 2 nitrogen and oxygen atoms in total. The minimum atomic E-state index is 0.0430. The Kier molecular flexibility index (Phi) is 5.47. The van der Waals surface area contributed by atoms with Crippen LogP contribution < -0.4 is 4.57 Å². The van der Waals surface area contributed by atoms with Gasteiger partial charge in [0, 0.05) is 23.0 Å². The van der Waals surface area contributed by atoms with E-state index in [0.717, 1.165) is 11.9 Å². The van der Waals surface area contributed by atoms with Crippen LogP contribution >= 0.6 is 0 Å². The van der Waals surface area contributed by atoms with Crippen molar-refractivity contribution in [1.82, 2.24) is 4.98 Å². The van der Waals surface area contributed by atoms with Gasteiger partial charge in [-0.3, -0.25) is 4.98 Å². The number of aryl methyl sites for hydroxylation is 2. The monoisotopic (exact) mass is 461 g/mol. The van der Waals surface area contributed by atoms with Crippen LogP contribution in [0.2, 0.25) is 0 Å². The van der Waals surface area contributed by atoms with Gasteiger partial charge in [0.2, 0.25) is 5.69 Å². The summed E-state index contributed by atoms with van der Waals surface area (Å²) in [5, 5.41) is 6.42. The van der Waals surface area contributed by atoms with Crippen molar-refractivity contribution in [3.63, 3.8) is 0 Å². The van der Waals surface area contributed by atoms with Gasteiger partial charge in [-0.15, -0.1) is 0 Å². The van der Waals surface area contributed by atoms with Crippen LogP contribution in [0, 0.1) is 12.3 Å². The molecule has 0 bridgehead atoms. The van der Waals surface area contributed by atoms with E-state index >= 15 is 0 Å². The van der Waals surface area contributed by atoms with E-state index in [1.165, 1.54) is 54.9 Å². The minimum absolute atomic E-state index is 0.0430. The van der Waals surface area contributed by atoms with Crippen LogP contribution in [0.3, 0.4) is 0 Å². The van der Waals surface area contributed by atoms with Crippen molar-refractivity contribution in [1.29, 1.82) is 0 Å². The third-order valence-electron chi connectivity index (χ3n) is 7.21. The van der Waals surface area contributed by atoms with Gasteiger partial charge in [0.15, 0.2) is 6.20 Å². The highest BCUT2D eigenvalue weighted by Crippen LogP contribution is 2.40. The number of hydrogen-bond donors (Lipinski definition) is 0. The summed E-state index contributed by atoms with van der Waals surface area (Å²) >= 11 is 0. The summed E-state index contributed by atoms with van der Waals surface area (Å²) in [6, 6.07) is 20.3. The third kappa shape index (κ3) is 4.10. The molecule has 5 aromatic rings. The van der Waals surface area contributed by atoms with E-state index in [1.54, 1.807) is 0 Å². The number of pyridine rings is 2. The van der Waals surface area contributed by atoms with Crippen molar-refractivity contribution >= 4 is 32.4 Å². The molecule has 0 radical (unpaired) electrons. The molecule has 0 atom stereocenters. The van der Waals surface area contributed by atoms with Gasteiger partial charge < -0.3 is 0 Å². The highest BCUT2D eigenvalue weighted by atomic mass is 14.9. The Morgan fingerprint density at radius 2 is 1.46 bits per heavy atom. The average molecular weight is 462 g/mol. The summed E-state index contributed by atoms with van der Waals surface area (Å²) in [5.41, 5.74) is 8.00. The summed E-state index contributed by atoms with van der Waals surface area (Å²) in [7, 11) is 2.16. The van der Waals surface area contributed by atoms with Crippen LogP contribution in [-0.4, -0.2) is 4.98 Å². The molecule has 0 saturated carbocycles. The average Bonchev–Trinajstić information content (AvgIpc) is 2.78. The van der Waals surface area contributed by atoms with Crippen LogP contribution in [0.25, 0.3) is 43.7 Å². The van der Waals surface area contributed by atoms with Crippen molar-refractivity contribution in [2.45, 2.75) is 60.3 Å². The van der Waals surface area contributed by atoms with Crippen LogP contribution in [-0.2, 0) is 18.9 Å². The Hall–Kier alpha value is -3.26. The van der Waals surface area contributed by atoms with Crippen molar-refractivity contribution in [3.8, 4) is 11.3 Å². The van der Waals surface area contributed by atoms with Gasteiger partial charge in [0.1, 0.15) is 7.05 Å². The second-order valence-corrected chi connectivity index (χ2v) is 12.3. The number of benzene rings is 3. The Morgan fingerprint density at radius 3 is 2.14 bits per heavy atom. The summed E-state index contributed by atoms with van der Waals surface area (Å²) in [5.74, 6) is 0. The molecular formula is C33H37N2+. The first-order valence-electron chi connectivity index (χ1n) is 12.7. The van der Waals surface area contributed by atoms with Crippen LogP contribution in [0.4, 0.5) is 0 Å². The number of fused-ring (bicyclic) bond motifs is 4. The summed E-state index contributed by atoms with van der Waals surface area (Å²) in [6.07, 6.45) is 5.21. The zero-order valence-corrected chi connectivity index (χ0v) is 22.5. The third-order valence-corrected chi connectivity index (χ3v) is 7.21. The molecule has 0 amide bonds. The van der Waals surface area contributed by atoms with Gasteiger partial charge in [-0.25, -0.2) is 4.57 Å². The zero-order valence-electron chi connectivity index (χ0n) is 22.5. The van der Waals surface area contributed by atoms with Crippen LogP contribution in [0.1, 0.15) is 58.2 Å². The zero-order chi connectivity index (χ0) is 25.1. The summed E-state index contributed by atoms with van der Waals surface area (Å²) in [4.78, 5) is 4.88. The van der Waals surface area contributed by atoms with E-state index in [0.29, 0.717) is 0 Å². The number of nitrogens with zero attached hydrogens (tertiary/aromatic N) is 2. The van der Waals surface area contributed by atoms with E-state index in [-0.39, 0.29) is 10.8 Å². The molecule has 0 unspecified atom stereocenters. The van der Waals surface area contributed by atoms with Crippen LogP contribution in [0.15, 0.2) is 67.0 Å². The molecule has 3 aromatic carbocycles. The SMILES string of the molecule is Cc1c(-c2c3ccc4c(CC(C)(C)C)ccnc4c3cc[n+]2C)cc(C(C)(C)C)c2ccccc12. The Morgan fingerprint density at radius 1 is 0.771 bits per heavy atom. The first-order valence-corrected chi connectivity index (χ1v) is 12.7. The second kappa shape index (κ2) is 8.16. The molecular weight excluding hydrogens is 424 g/mol. The Balaban J connectivity index is 1.86. The molecule has 0 aliphatic rings. The lowest BCUT2D eigenvalue weighted by Crippen LogP contribution is -2.31. The molecule has 0 fully saturated rings. The van der Waals surface area contributed by atoms with Gasteiger partial charge in [-0.1, -0.05) is 71.9 Å². The van der Waals surface area contributed by atoms with Gasteiger partial charge in [0.05, 0.1) is 16.5 Å². The van der Waals surface area contributed by atoms with Crippen molar-refractivity contribution in [2.24, 2.45) is 12.5 Å². The first kappa shape index (κ1) is 23.5. The van der Waals surface area contributed by atoms with E-state index in [1.807, 2.05) is 6.20 Å². The second-order valence-electron chi connectivity index (χ2n) is 12.3. The van der Waals surface area contributed by atoms with E-state index in [2.05, 4.69) is 121 Å². The van der Waals surface area contributed by atoms with E-state index < -0.39 is 0 Å². The molecule has 2 aromatic heterocycles. The molecule has 5 rings (SSSR count). The lowest BCUT2D eigenvalue weighted by molar-refractivity contribution is -0.659. The predicted molar refractivity (Wildman–Crippen MR) is 150 cm³/mol. The lowest BCUT2D eigenvalue weighted by Gasteiger charge is -2.24. The maximum absolute atomic E-state index is 4.88. The quantitative estimate of drug-likeness (QED) is 0.191. The summed E-state index contributed by atoms with van der Waals surface area (Å²) < 4.78 is 2.27. The molecule has 0 spiro atoms. The molecule has 35 heavy (non-hydrogen) atoms. The number of rotatable bonds is 2. The molecule has 2 heterocycles. The molecule has 0 aliphatic heterocycles. The molecule has 0 saturated heterocycles. The highest BCUT2D eigenvalue weighted by Gasteiger charge is 2.25.